The van der Waals surface area contributed by atoms with Gasteiger partial charge < -0.3 is 5.11 Å². The van der Waals surface area contributed by atoms with Gasteiger partial charge >= 0.3 is 0 Å². The largest absolute Gasteiger partial charge is 0.392 e. The van der Waals surface area contributed by atoms with Crippen molar-refractivity contribution >= 4 is 0 Å². The van der Waals surface area contributed by atoms with Crippen LogP contribution in [0.4, 0.5) is 0 Å². The van der Waals surface area contributed by atoms with Gasteiger partial charge in [-0.1, -0.05) is 33.3 Å². The summed E-state index contributed by atoms with van der Waals surface area (Å²) in [6, 6.07) is 0. The van der Waals surface area contributed by atoms with E-state index in [1.165, 1.54) is 0 Å². The lowest BCUT2D eigenvalue weighted by molar-refractivity contribution is 0.0814. The smallest absolute Gasteiger partial charge is 0.0625 e. The van der Waals surface area contributed by atoms with Crippen LogP contribution in [0.2, 0.25) is 0 Å². The molecule has 0 unspecified atom stereocenters. The predicted molar refractivity (Wildman–Crippen MR) is 44.8 cm³/mol. The van der Waals surface area contributed by atoms with E-state index in [9.17, 15) is 5.11 Å². The standard InChI is InChI=1S/C9H18O/c1-5-7(3)9(10)8(4)6-2/h5,7-10H,1,6H2,2-4H3/t7-,8+,9-/m1/s1. The van der Waals surface area contributed by atoms with Gasteiger partial charge in [0.2, 0.25) is 0 Å². The van der Waals surface area contributed by atoms with Gasteiger partial charge in [-0.25, -0.2) is 0 Å². The van der Waals surface area contributed by atoms with Crippen molar-refractivity contribution in [1.29, 1.82) is 0 Å². The van der Waals surface area contributed by atoms with Crippen molar-refractivity contribution < 1.29 is 5.11 Å². The highest BCUT2D eigenvalue weighted by atomic mass is 16.3. The van der Waals surface area contributed by atoms with Crippen LogP contribution in [0, 0.1) is 11.8 Å². The van der Waals surface area contributed by atoms with E-state index in [2.05, 4.69) is 20.4 Å². The molecule has 3 atom stereocenters. The molecule has 0 amide bonds. The maximum absolute atomic E-state index is 9.51. The first-order valence-electron chi connectivity index (χ1n) is 3.94. The Morgan fingerprint density at radius 3 is 2.30 bits per heavy atom. The zero-order chi connectivity index (χ0) is 8.15. The molecule has 0 aromatic carbocycles. The molecule has 0 aromatic rings. The van der Waals surface area contributed by atoms with Crippen LogP contribution in [0.5, 0.6) is 0 Å². The van der Waals surface area contributed by atoms with E-state index in [0.717, 1.165) is 6.42 Å². The molecular weight excluding hydrogens is 124 g/mol. The molecule has 10 heavy (non-hydrogen) atoms. The van der Waals surface area contributed by atoms with Gasteiger partial charge in [0.1, 0.15) is 0 Å². The fourth-order valence-electron chi connectivity index (χ4n) is 0.899. The van der Waals surface area contributed by atoms with Crippen molar-refractivity contribution in [2.24, 2.45) is 11.8 Å². The van der Waals surface area contributed by atoms with Crippen LogP contribution in [0.1, 0.15) is 27.2 Å². The molecule has 0 fully saturated rings. The Morgan fingerprint density at radius 2 is 2.00 bits per heavy atom. The lowest BCUT2D eigenvalue weighted by Crippen LogP contribution is -2.23. The minimum Gasteiger partial charge on any atom is -0.392 e. The Bertz CT molecular complexity index is 98.9. The third kappa shape index (κ3) is 2.53. The number of rotatable bonds is 4. The molecule has 0 bridgehead atoms. The van der Waals surface area contributed by atoms with Crippen LogP contribution in [0.15, 0.2) is 12.7 Å². The van der Waals surface area contributed by atoms with Gasteiger partial charge in [-0.2, -0.15) is 0 Å². The summed E-state index contributed by atoms with van der Waals surface area (Å²) in [5, 5.41) is 9.51. The highest BCUT2D eigenvalue weighted by Gasteiger charge is 2.16. The van der Waals surface area contributed by atoms with E-state index in [1.807, 2.05) is 6.92 Å². The van der Waals surface area contributed by atoms with Crippen molar-refractivity contribution in [1.82, 2.24) is 0 Å². The monoisotopic (exact) mass is 142 g/mol. The highest BCUT2D eigenvalue weighted by molar-refractivity contribution is 4.83. The predicted octanol–water partition coefficient (Wildman–Crippen LogP) is 2.22. The average Bonchev–Trinajstić information content (AvgIpc) is 2.00. The molecule has 1 N–H and O–H groups in total. The normalized spacial score (nSPS) is 19.6. The highest BCUT2D eigenvalue weighted by Crippen LogP contribution is 2.15. The summed E-state index contributed by atoms with van der Waals surface area (Å²) in [5.74, 6) is 0.600. The van der Waals surface area contributed by atoms with E-state index in [1.54, 1.807) is 6.08 Å². The Labute approximate surface area is 63.8 Å². The minimum absolute atomic E-state index is 0.218. The molecule has 0 saturated heterocycles. The van der Waals surface area contributed by atoms with Crippen LogP contribution in [0.3, 0.4) is 0 Å². The van der Waals surface area contributed by atoms with E-state index in [0.29, 0.717) is 5.92 Å². The average molecular weight is 142 g/mol. The molecule has 1 nitrogen and oxygen atoms in total. The summed E-state index contributed by atoms with van der Waals surface area (Å²) in [5.41, 5.74) is 0. The molecule has 0 radical (unpaired) electrons. The van der Waals surface area contributed by atoms with E-state index in [-0.39, 0.29) is 12.0 Å². The summed E-state index contributed by atoms with van der Waals surface area (Å²) in [6.07, 6.45) is 2.61. The maximum Gasteiger partial charge on any atom is 0.0625 e. The third-order valence-corrected chi connectivity index (χ3v) is 2.14. The number of aliphatic hydroxyl groups excluding tert-OH is 1. The summed E-state index contributed by atoms with van der Waals surface area (Å²) in [7, 11) is 0. The van der Waals surface area contributed by atoms with Gasteiger partial charge in [0.05, 0.1) is 6.10 Å². The second-order valence-corrected chi connectivity index (χ2v) is 2.97. The van der Waals surface area contributed by atoms with Crippen LogP contribution in [-0.4, -0.2) is 11.2 Å². The molecule has 0 aromatic heterocycles. The Hall–Kier alpha value is -0.300. The fourth-order valence-corrected chi connectivity index (χ4v) is 0.899. The first-order valence-corrected chi connectivity index (χ1v) is 3.94. The number of hydrogen-bond donors (Lipinski definition) is 1. The molecule has 0 aliphatic heterocycles. The van der Waals surface area contributed by atoms with E-state index < -0.39 is 0 Å². The van der Waals surface area contributed by atoms with Crippen molar-refractivity contribution in [3.05, 3.63) is 12.7 Å². The first kappa shape index (κ1) is 9.70. The first-order chi connectivity index (χ1) is 4.63. The van der Waals surface area contributed by atoms with Crippen molar-refractivity contribution in [3.63, 3.8) is 0 Å². The minimum atomic E-state index is -0.220. The SMILES string of the molecule is C=C[C@@H](C)[C@@H](O)[C@@H](C)CC. The fraction of sp³-hybridized carbons (Fsp3) is 0.778. The van der Waals surface area contributed by atoms with Crippen LogP contribution in [-0.2, 0) is 0 Å². The quantitative estimate of drug-likeness (QED) is 0.597. The molecule has 1 heteroatoms. The molecule has 0 aliphatic carbocycles. The molecule has 0 saturated carbocycles. The zero-order valence-electron chi connectivity index (χ0n) is 7.17. The lowest BCUT2D eigenvalue weighted by atomic mass is 9.92. The summed E-state index contributed by atoms with van der Waals surface area (Å²) >= 11 is 0. The van der Waals surface area contributed by atoms with E-state index >= 15 is 0 Å². The Morgan fingerprint density at radius 1 is 1.50 bits per heavy atom. The van der Waals surface area contributed by atoms with Gasteiger partial charge in [-0.05, 0) is 11.8 Å². The third-order valence-electron chi connectivity index (χ3n) is 2.14. The van der Waals surface area contributed by atoms with Crippen molar-refractivity contribution in [2.45, 2.75) is 33.3 Å². The molecule has 0 heterocycles. The second-order valence-electron chi connectivity index (χ2n) is 2.97. The zero-order valence-corrected chi connectivity index (χ0v) is 7.17. The van der Waals surface area contributed by atoms with Crippen molar-refractivity contribution in [2.75, 3.05) is 0 Å². The Kier molecular flexibility index (Phi) is 4.37. The van der Waals surface area contributed by atoms with Crippen LogP contribution < -0.4 is 0 Å². The Balaban J connectivity index is 3.80. The summed E-state index contributed by atoms with van der Waals surface area (Å²) in [6.45, 7) is 9.78. The van der Waals surface area contributed by atoms with Gasteiger partial charge in [-0.3, -0.25) is 0 Å². The lowest BCUT2D eigenvalue weighted by Gasteiger charge is -2.20. The van der Waals surface area contributed by atoms with Gasteiger partial charge in [0.25, 0.3) is 0 Å². The molecule has 0 aliphatic rings. The van der Waals surface area contributed by atoms with Crippen molar-refractivity contribution in [3.8, 4) is 0 Å². The molecule has 0 spiro atoms. The molecule has 0 rings (SSSR count). The summed E-state index contributed by atoms with van der Waals surface area (Å²) < 4.78 is 0. The van der Waals surface area contributed by atoms with E-state index in [4.69, 9.17) is 0 Å². The number of aliphatic hydroxyl groups is 1. The number of hydrogen-bond acceptors (Lipinski definition) is 1. The van der Waals surface area contributed by atoms with Gasteiger partial charge in [0, 0.05) is 0 Å². The molecular formula is C9H18O. The maximum atomic E-state index is 9.51. The van der Waals surface area contributed by atoms with Gasteiger partial charge in [0.15, 0.2) is 0 Å². The van der Waals surface area contributed by atoms with Crippen LogP contribution in [0.25, 0.3) is 0 Å². The van der Waals surface area contributed by atoms with Gasteiger partial charge in [-0.15, -0.1) is 6.58 Å². The summed E-state index contributed by atoms with van der Waals surface area (Å²) in [4.78, 5) is 0. The second kappa shape index (κ2) is 4.51. The topological polar surface area (TPSA) is 20.2 Å². The van der Waals surface area contributed by atoms with Crippen LogP contribution >= 0.6 is 0 Å². The molecule has 60 valence electrons.